The molecule has 0 saturated heterocycles. The Kier molecular flexibility index (Phi) is 8.06. The zero-order chi connectivity index (χ0) is 29.1. The van der Waals surface area contributed by atoms with Crippen molar-refractivity contribution in [3.05, 3.63) is 134 Å². The molecule has 42 heavy (non-hydrogen) atoms. The first-order valence-electron chi connectivity index (χ1n) is 14.0. The van der Waals surface area contributed by atoms with E-state index in [4.69, 9.17) is 14.5 Å². The van der Waals surface area contributed by atoms with E-state index in [1.165, 1.54) is 28.9 Å². The van der Waals surface area contributed by atoms with Gasteiger partial charge in [0, 0.05) is 30.0 Å². The summed E-state index contributed by atoms with van der Waals surface area (Å²) in [4.78, 5) is 15.2. The third-order valence-corrected chi connectivity index (χ3v) is 8.34. The molecule has 212 valence electrons. The standard InChI is InChI=1S/C34H30BrN3O4/c1-2-41-32-19-23(18-30(35)34(32)42-21-22-10-16-26(17-11-22)38(39)40)20-36-25-14-12-24(13-15-25)33-29-8-5-7-27(29)28-6-3-4-9-31(28)37-33/h3-7,9-20,27,29,33,37H,2,8,21H2,1H3/t27-,29-,33+/m1/s1. The predicted octanol–water partition coefficient (Wildman–Crippen LogP) is 8.91. The first-order valence-corrected chi connectivity index (χ1v) is 14.8. The van der Waals surface area contributed by atoms with Gasteiger partial charge < -0.3 is 14.8 Å². The van der Waals surface area contributed by atoms with E-state index in [2.05, 4.69) is 81.9 Å². The van der Waals surface area contributed by atoms with Crippen molar-refractivity contribution < 1.29 is 14.4 Å². The minimum absolute atomic E-state index is 0.0457. The molecule has 4 aromatic carbocycles. The number of nitro benzene ring substituents is 1. The number of ether oxygens (including phenoxy) is 2. The number of allylic oxidation sites excluding steroid dienone is 2. The molecule has 0 saturated carbocycles. The van der Waals surface area contributed by atoms with Gasteiger partial charge in [-0.05, 0) is 99.9 Å². The molecule has 7 nitrogen and oxygen atoms in total. The van der Waals surface area contributed by atoms with Gasteiger partial charge in [-0.25, -0.2) is 0 Å². The highest BCUT2D eigenvalue weighted by Crippen LogP contribution is 2.49. The molecular weight excluding hydrogens is 594 g/mol. The van der Waals surface area contributed by atoms with E-state index in [0.29, 0.717) is 29.9 Å². The zero-order valence-corrected chi connectivity index (χ0v) is 24.7. The van der Waals surface area contributed by atoms with Crippen LogP contribution in [0.2, 0.25) is 0 Å². The maximum atomic E-state index is 10.9. The highest BCUT2D eigenvalue weighted by Gasteiger charge is 2.37. The Bertz CT molecular complexity index is 1650. The molecule has 0 bridgehead atoms. The lowest BCUT2D eigenvalue weighted by Crippen LogP contribution is -2.28. The van der Waals surface area contributed by atoms with Gasteiger partial charge in [-0.1, -0.05) is 42.5 Å². The minimum Gasteiger partial charge on any atom is -0.490 e. The second kappa shape index (κ2) is 12.2. The van der Waals surface area contributed by atoms with Gasteiger partial charge in [0.1, 0.15) is 6.61 Å². The SMILES string of the molecule is CCOc1cc(C=Nc2ccc([C@@H]3Nc4ccccc4[C@H]4C=CC[C@H]43)cc2)cc(Br)c1OCc1ccc([N+](=O)[O-])cc1. The Morgan fingerprint density at radius 3 is 2.60 bits per heavy atom. The maximum Gasteiger partial charge on any atom is 0.269 e. The number of nitrogens with zero attached hydrogens (tertiary/aromatic N) is 2. The van der Waals surface area contributed by atoms with Crippen molar-refractivity contribution >= 4 is 39.2 Å². The van der Waals surface area contributed by atoms with Gasteiger partial charge in [0.25, 0.3) is 5.69 Å². The third kappa shape index (κ3) is 5.81. The highest BCUT2D eigenvalue weighted by atomic mass is 79.9. The van der Waals surface area contributed by atoms with Gasteiger partial charge in [0.05, 0.1) is 27.7 Å². The molecule has 0 aromatic heterocycles. The van der Waals surface area contributed by atoms with Crippen molar-refractivity contribution in [2.75, 3.05) is 11.9 Å². The molecule has 4 aromatic rings. The highest BCUT2D eigenvalue weighted by molar-refractivity contribution is 9.10. The van der Waals surface area contributed by atoms with Crippen LogP contribution in [0.15, 0.2) is 107 Å². The van der Waals surface area contributed by atoms with Crippen LogP contribution in [0.1, 0.15) is 47.6 Å². The number of nitro groups is 1. The second-order valence-corrected chi connectivity index (χ2v) is 11.2. The van der Waals surface area contributed by atoms with Gasteiger partial charge in [0.2, 0.25) is 0 Å². The van der Waals surface area contributed by atoms with Crippen LogP contribution in [0.25, 0.3) is 0 Å². The largest absolute Gasteiger partial charge is 0.490 e. The van der Waals surface area contributed by atoms with Crippen LogP contribution in [-0.2, 0) is 6.61 Å². The van der Waals surface area contributed by atoms with Crippen molar-refractivity contribution in [1.29, 1.82) is 0 Å². The average Bonchev–Trinajstić information content (AvgIpc) is 3.50. The molecule has 6 rings (SSSR count). The summed E-state index contributed by atoms with van der Waals surface area (Å²) in [5.41, 5.74) is 6.45. The second-order valence-electron chi connectivity index (χ2n) is 10.4. The summed E-state index contributed by atoms with van der Waals surface area (Å²) in [5.74, 6) is 2.11. The summed E-state index contributed by atoms with van der Waals surface area (Å²) in [7, 11) is 0. The molecule has 1 N–H and O–H groups in total. The molecule has 0 amide bonds. The summed E-state index contributed by atoms with van der Waals surface area (Å²) < 4.78 is 12.7. The molecule has 0 fully saturated rings. The summed E-state index contributed by atoms with van der Waals surface area (Å²) in [6, 6.07) is 27.5. The normalized spacial score (nSPS) is 18.8. The van der Waals surface area contributed by atoms with Crippen molar-refractivity contribution in [1.82, 2.24) is 0 Å². The van der Waals surface area contributed by atoms with Crippen LogP contribution < -0.4 is 14.8 Å². The lowest BCUT2D eigenvalue weighted by atomic mass is 9.77. The lowest BCUT2D eigenvalue weighted by molar-refractivity contribution is -0.384. The number of anilines is 1. The Balaban J connectivity index is 1.16. The van der Waals surface area contributed by atoms with E-state index < -0.39 is 4.92 Å². The van der Waals surface area contributed by atoms with Crippen LogP contribution in [0.5, 0.6) is 11.5 Å². The van der Waals surface area contributed by atoms with Crippen LogP contribution in [-0.4, -0.2) is 17.7 Å². The first kappa shape index (κ1) is 27.7. The predicted molar refractivity (Wildman–Crippen MR) is 169 cm³/mol. The molecule has 2 aliphatic rings. The Morgan fingerprint density at radius 2 is 1.83 bits per heavy atom. The topological polar surface area (TPSA) is 86.0 Å². The Morgan fingerprint density at radius 1 is 1.05 bits per heavy atom. The quantitative estimate of drug-likeness (QED) is 0.0870. The van der Waals surface area contributed by atoms with Crippen molar-refractivity contribution in [2.45, 2.75) is 31.9 Å². The fraction of sp³-hybridized carbons (Fsp3) is 0.206. The van der Waals surface area contributed by atoms with Gasteiger partial charge in [0.15, 0.2) is 11.5 Å². The number of fused-ring (bicyclic) bond motifs is 3. The van der Waals surface area contributed by atoms with Gasteiger partial charge in [-0.3, -0.25) is 15.1 Å². The van der Waals surface area contributed by atoms with Crippen LogP contribution >= 0.6 is 15.9 Å². The fourth-order valence-corrected chi connectivity index (χ4v) is 6.30. The van der Waals surface area contributed by atoms with E-state index in [0.717, 1.165) is 27.7 Å². The van der Waals surface area contributed by atoms with Crippen LogP contribution in [0.4, 0.5) is 17.1 Å². The van der Waals surface area contributed by atoms with E-state index >= 15 is 0 Å². The number of halogens is 1. The number of para-hydroxylation sites is 1. The number of hydrogen-bond acceptors (Lipinski definition) is 6. The molecule has 8 heteroatoms. The van der Waals surface area contributed by atoms with Crippen LogP contribution in [0.3, 0.4) is 0 Å². The number of nitrogens with one attached hydrogen (secondary N) is 1. The average molecular weight is 625 g/mol. The zero-order valence-electron chi connectivity index (χ0n) is 23.1. The van der Waals surface area contributed by atoms with Crippen molar-refractivity contribution in [3.63, 3.8) is 0 Å². The smallest absolute Gasteiger partial charge is 0.269 e. The molecule has 0 spiro atoms. The molecule has 0 radical (unpaired) electrons. The number of hydrogen-bond donors (Lipinski definition) is 1. The maximum absolute atomic E-state index is 10.9. The minimum atomic E-state index is -0.418. The monoisotopic (exact) mass is 623 g/mol. The fourth-order valence-electron chi connectivity index (χ4n) is 5.73. The molecule has 1 aliphatic carbocycles. The van der Waals surface area contributed by atoms with E-state index in [9.17, 15) is 10.1 Å². The number of aliphatic imine (C=N–C) groups is 1. The van der Waals surface area contributed by atoms with Crippen molar-refractivity contribution in [3.8, 4) is 11.5 Å². The summed E-state index contributed by atoms with van der Waals surface area (Å²) in [5, 5.41) is 14.7. The molecule has 3 atom stereocenters. The van der Waals surface area contributed by atoms with Gasteiger partial charge >= 0.3 is 0 Å². The summed E-state index contributed by atoms with van der Waals surface area (Å²) in [6.45, 7) is 2.63. The number of non-ortho nitro benzene ring substituents is 1. The van der Waals surface area contributed by atoms with Crippen LogP contribution in [0, 0.1) is 16.0 Å². The summed E-state index contributed by atoms with van der Waals surface area (Å²) >= 11 is 3.62. The van der Waals surface area contributed by atoms with Gasteiger partial charge in [-0.2, -0.15) is 0 Å². The molecule has 1 aliphatic heterocycles. The first-order chi connectivity index (χ1) is 20.5. The third-order valence-electron chi connectivity index (χ3n) is 7.75. The summed E-state index contributed by atoms with van der Waals surface area (Å²) in [6.07, 6.45) is 7.55. The van der Waals surface area contributed by atoms with Crippen molar-refractivity contribution in [2.24, 2.45) is 10.9 Å². The Hall–Kier alpha value is -4.43. The van der Waals surface area contributed by atoms with E-state index in [-0.39, 0.29) is 18.3 Å². The molecule has 1 heterocycles. The number of rotatable bonds is 9. The molecule has 0 unspecified atom stereocenters. The van der Waals surface area contributed by atoms with E-state index in [1.807, 2.05) is 25.3 Å². The molecular formula is C34H30BrN3O4. The lowest BCUT2D eigenvalue weighted by Gasteiger charge is -2.37. The number of benzene rings is 4. The van der Waals surface area contributed by atoms with E-state index in [1.54, 1.807) is 12.1 Å². The Labute approximate surface area is 253 Å². The van der Waals surface area contributed by atoms with Gasteiger partial charge in [-0.15, -0.1) is 0 Å².